The molecule has 0 aromatic heterocycles. The number of hydrogen-bond acceptors (Lipinski definition) is 3. The number of nitrogens with one attached hydrogen (secondary N) is 2. The Kier molecular flexibility index (Phi) is 5.88. The molecule has 5 nitrogen and oxygen atoms in total. The van der Waals surface area contributed by atoms with Crippen LogP contribution in [0.3, 0.4) is 0 Å². The van der Waals surface area contributed by atoms with Crippen LogP contribution in [-0.4, -0.2) is 26.9 Å². The lowest BCUT2D eigenvalue weighted by molar-refractivity contribution is -0.123. The number of rotatable bonds is 6. The molecule has 0 aliphatic heterocycles. The third-order valence-electron chi connectivity index (χ3n) is 2.72. The van der Waals surface area contributed by atoms with Gasteiger partial charge < -0.3 is 5.32 Å². The maximum Gasteiger partial charge on any atom is 0.244 e. The molecule has 0 bridgehead atoms. The fourth-order valence-corrected chi connectivity index (χ4v) is 3.06. The van der Waals surface area contributed by atoms with Crippen LogP contribution in [0.5, 0.6) is 0 Å². The minimum absolute atomic E-state index is 0.0104. The largest absolute Gasteiger partial charge is 0.344 e. The molecule has 21 heavy (non-hydrogen) atoms. The second-order valence-electron chi connectivity index (χ2n) is 4.70. The summed E-state index contributed by atoms with van der Waals surface area (Å²) in [6.45, 7) is 3.33. The summed E-state index contributed by atoms with van der Waals surface area (Å²) >= 11 is 0. The van der Waals surface area contributed by atoms with Gasteiger partial charge in [0.1, 0.15) is 16.8 Å². The molecule has 1 atom stereocenters. The predicted octanol–water partition coefficient (Wildman–Crippen LogP) is 0.878. The van der Waals surface area contributed by atoms with Crippen molar-refractivity contribution in [1.82, 2.24) is 10.0 Å². The first-order valence-corrected chi connectivity index (χ1v) is 7.76. The van der Waals surface area contributed by atoms with E-state index in [1.807, 2.05) is 0 Å². The second kappa shape index (κ2) is 7.20. The molecule has 2 N–H and O–H groups in total. The third kappa shape index (κ3) is 4.55. The molecule has 0 aliphatic carbocycles. The Morgan fingerprint density at radius 2 is 2.00 bits per heavy atom. The standard InChI is InChI=1S/C14H17FN2O3S/c1-4-9-16-14(18)13(10(2)3)17-21(19,20)12-8-6-5-7-11(12)15/h1,5-8,10,13,17H,9H2,2-3H3,(H,16,18)/t13-/m0/s1. The Labute approximate surface area is 124 Å². The topological polar surface area (TPSA) is 75.3 Å². The molecule has 0 unspecified atom stereocenters. The monoisotopic (exact) mass is 312 g/mol. The summed E-state index contributed by atoms with van der Waals surface area (Å²) in [7, 11) is -4.14. The highest BCUT2D eigenvalue weighted by molar-refractivity contribution is 7.89. The van der Waals surface area contributed by atoms with Gasteiger partial charge in [-0.05, 0) is 18.1 Å². The van der Waals surface area contributed by atoms with E-state index in [0.717, 1.165) is 12.1 Å². The van der Waals surface area contributed by atoms with Gasteiger partial charge >= 0.3 is 0 Å². The molecule has 0 aliphatic rings. The highest BCUT2D eigenvalue weighted by Crippen LogP contribution is 2.15. The molecular weight excluding hydrogens is 295 g/mol. The lowest BCUT2D eigenvalue weighted by atomic mass is 10.1. The third-order valence-corrected chi connectivity index (χ3v) is 4.20. The Morgan fingerprint density at radius 1 is 1.38 bits per heavy atom. The first kappa shape index (κ1) is 17.1. The second-order valence-corrected chi connectivity index (χ2v) is 6.38. The van der Waals surface area contributed by atoms with Crippen LogP contribution in [0.15, 0.2) is 29.2 Å². The predicted molar refractivity (Wildman–Crippen MR) is 77.2 cm³/mol. The zero-order chi connectivity index (χ0) is 16.0. The van der Waals surface area contributed by atoms with Gasteiger partial charge in [0.15, 0.2) is 0 Å². The number of sulfonamides is 1. The molecular formula is C14H17FN2O3S. The first-order chi connectivity index (χ1) is 9.79. The van der Waals surface area contributed by atoms with Crippen LogP contribution in [0.25, 0.3) is 0 Å². The number of amides is 1. The molecule has 0 saturated heterocycles. The molecule has 0 saturated carbocycles. The van der Waals surface area contributed by atoms with Crippen molar-refractivity contribution in [3.8, 4) is 12.3 Å². The van der Waals surface area contributed by atoms with E-state index < -0.39 is 32.7 Å². The fourth-order valence-electron chi connectivity index (χ4n) is 1.63. The molecule has 0 radical (unpaired) electrons. The molecule has 1 aromatic carbocycles. The molecule has 1 rings (SSSR count). The van der Waals surface area contributed by atoms with Crippen molar-refractivity contribution in [3.63, 3.8) is 0 Å². The Bertz CT molecular complexity index is 650. The number of terminal acetylenes is 1. The van der Waals surface area contributed by atoms with Gasteiger partial charge in [0.05, 0.1) is 6.54 Å². The van der Waals surface area contributed by atoms with E-state index in [1.54, 1.807) is 13.8 Å². The van der Waals surface area contributed by atoms with Gasteiger partial charge in [-0.25, -0.2) is 12.8 Å². The van der Waals surface area contributed by atoms with Crippen molar-refractivity contribution in [2.24, 2.45) is 5.92 Å². The van der Waals surface area contributed by atoms with Crippen molar-refractivity contribution in [2.75, 3.05) is 6.54 Å². The maximum atomic E-state index is 13.6. The van der Waals surface area contributed by atoms with E-state index in [1.165, 1.54) is 12.1 Å². The highest BCUT2D eigenvalue weighted by Gasteiger charge is 2.29. The van der Waals surface area contributed by atoms with Gasteiger partial charge in [0.25, 0.3) is 0 Å². The van der Waals surface area contributed by atoms with Crippen LogP contribution in [0.1, 0.15) is 13.8 Å². The van der Waals surface area contributed by atoms with Crippen molar-refractivity contribution in [3.05, 3.63) is 30.1 Å². The average molecular weight is 312 g/mol. The fraction of sp³-hybridized carbons (Fsp3) is 0.357. The summed E-state index contributed by atoms with van der Waals surface area (Å²) in [5, 5.41) is 2.41. The molecule has 0 fully saturated rings. The van der Waals surface area contributed by atoms with E-state index in [-0.39, 0.29) is 12.5 Å². The highest BCUT2D eigenvalue weighted by atomic mass is 32.2. The van der Waals surface area contributed by atoms with E-state index in [2.05, 4.69) is 16.0 Å². The van der Waals surface area contributed by atoms with E-state index >= 15 is 0 Å². The van der Waals surface area contributed by atoms with Gasteiger partial charge in [-0.1, -0.05) is 31.9 Å². The summed E-state index contributed by atoms with van der Waals surface area (Å²) < 4.78 is 40.2. The van der Waals surface area contributed by atoms with Crippen LogP contribution in [-0.2, 0) is 14.8 Å². The van der Waals surface area contributed by atoms with Gasteiger partial charge in [-0.3, -0.25) is 4.79 Å². The van der Waals surface area contributed by atoms with Crippen LogP contribution in [0, 0.1) is 24.1 Å². The van der Waals surface area contributed by atoms with Gasteiger partial charge in [0, 0.05) is 0 Å². The van der Waals surface area contributed by atoms with E-state index in [0.29, 0.717) is 0 Å². The quantitative estimate of drug-likeness (QED) is 0.766. The van der Waals surface area contributed by atoms with Gasteiger partial charge in [-0.2, -0.15) is 4.72 Å². The summed E-state index contributed by atoms with van der Waals surface area (Å²) in [5.74, 6) is 0.466. The molecule has 114 valence electrons. The van der Waals surface area contributed by atoms with Crippen molar-refractivity contribution in [1.29, 1.82) is 0 Å². The van der Waals surface area contributed by atoms with Crippen LogP contribution in [0.2, 0.25) is 0 Å². The Balaban J connectivity index is 3.01. The lowest BCUT2D eigenvalue weighted by Crippen LogP contribution is -2.49. The van der Waals surface area contributed by atoms with Crippen molar-refractivity contribution < 1.29 is 17.6 Å². The minimum Gasteiger partial charge on any atom is -0.344 e. The molecule has 0 heterocycles. The summed E-state index contributed by atoms with van der Waals surface area (Å²) in [6.07, 6.45) is 5.04. The molecule has 1 amide bonds. The normalized spacial score (nSPS) is 12.7. The Morgan fingerprint density at radius 3 is 2.52 bits per heavy atom. The summed E-state index contributed by atoms with van der Waals surface area (Å²) in [6, 6.07) is 3.92. The van der Waals surface area contributed by atoms with Crippen LogP contribution < -0.4 is 10.0 Å². The SMILES string of the molecule is C#CCNC(=O)[C@@H](NS(=O)(=O)c1ccccc1F)C(C)C. The van der Waals surface area contributed by atoms with E-state index in [4.69, 9.17) is 6.42 Å². The van der Waals surface area contributed by atoms with Crippen LogP contribution in [0.4, 0.5) is 4.39 Å². The number of hydrogen-bond donors (Lipinski definition) is 2. The first-order valence-electron chi connectivity index (χ1n) is 6.27. The van der Waals surface area contributed by atoms with Crippen molar-refractivity contribution >= 4 is 15.9 Å². The maximum absolute atomic E-state index is 13.6. The Hall–Kier alpha value is -1.91. The summed E-state index contributed by atoms with van der Waals surface area (Å²) in [4.78, 5) is 11.4. The number of halogens is 1. The van der Waals surface area contributed by atoms with Crippen LogP contribution >= 0.6 is 0 Å². The number of carbonyl (C=O) groups excluding carboxylic acids is 1. The number of carbonyl (C=O) groups is 1. The van der Waals surface area contributed by atoms with E-state index in [9.17, 15) is 17.6 Å². The van der Waals surface area contributed by atoms with Gasteiger partial charge in [0.2, 0.25) is 15.9 Å². The average Bonchev–Trinajstić information content (AvgIpc) is 2.42. The van der Waals surface area contributed by atoms with Crippen molar-refractivity contribution in [2.45, 2.75) is 24.8 Å². The molecule has 0 spiro atoms. The van der Waals surface area contributed by atoms with Gasteiger partial charge in [-0.15, -0.1) is 6.42 Å². The smallest absolute Gasteiger partial charge is 0.244 e. The number of benzene rings is 1. The molecule has 7 heteroatoms. The zero-order valence-electron chi connectivity index (χ0n) is 11.8. The zero-order valence-corrected chi connectivity index (χ0v) is 12.6. The lowest BCUT2D eigenvalue weighted by Gasteiger charge is -2.21. The molecule has 1 aromatic rings. The summed E-state index contributed by atoms with van der Waals surface area (Å²) in [5.41, 5.74) is 0. The minimum atomic E-state index is -4.14.